The van der Waals surface area contributed by atoms with E-state index in [1.54, 1.807) is 0 Å². The highest BCUT2D eigenvalue weighted by Crippen LogP contribution is 2.45. The van der Waals surface area contributed by atoms with E-state index in [2.05, 4.69) is 67.5 Å². The van der Waals surface area contributed by atoms with Crippen LogP contribution in [0.1, 0.15) is 96.1 Å². The van der Waals surface area contributed by atoms with Crippen molar-refractivity contribution in [2.24, 2.45) is 5.41 Å². The molecule has 0 amide bonds. The molecule has 2 unspecified atom stereocenters. The lowest BCUT2D eigenvalue weighted by molar-refractivity contribution is -0.0863. The lowest BCUT2D eigenvalue weighted by Crippen LogP contribution is -2.42. The van der Waals surface area contributed by atoms with Crippen LogP contribution in [0.25, 0.3) is 0 Å². The predicted octanol–water partition coefficient (Wildman–Crippen LogP) is 1.93. The zero-order valence-corrected chi connectivity index (χ0v) is 24.6. The van der Waals surface area contributed by atoms with E-state index < -0.39 is 47.0 Å². The summed E-state index contributed by atoms with van der Waals surface area (Å²) < 4.78 is 17.8. The summed E-state index contributed by atoms with van der Waals surface area (Å²) in [6, 6.07) is 4.30. The lowest BCUT2D eigenvalue weighted by atomic mass is 9.68. The van der Waals surface area contributed by atoms with Crippen LogP contribution in [0.5, 0.6) is 0 Å². The molecule has 0 fully saturated rings. The van der Waals surface area contributed by atoms with E-state index in [0.29, 0.717) is 5.92 Å². The fourth-order valence-corrected chi connectivity index (χ4v) is 3.45. The number of benzene rings is 1. The molecule has 1 aromatic rings. The van der Waals surface area contributed by atoms with Gasteiger partial charge in [-0.25, -0.2) is 9.13 Å². The normalized spacial score (nSPS) is 14.6. The molecule has 14 heteroatoms. The van der Waals surface area contributed by atoms with Crippen LogP contribution in [0.4, 0.5) is 0 Å². The minimum Gasteiger partial charge on any atom is -0.395 e. The van der Waals surface area contributed by atoms with Crippen molar-refractivity contribution in [3.63, 3.8) is 0 Å². The number of hydrogen-bond donors (Lipinski definition) is 10. The SMILES string of the molecule is CCC(C)c1cc(C(C)(C)C)c(C(O)C(CO)(CO)CO)c(C(C)(C)C)c1.O=P(O)(O)O.O=P(O)(O)O. The Morgan fingerprint density at radius 3 is 1.19 bits per heavy atom. The molecule has 0 spiro atoms. The lowest BCUT2D eigenvalue weighted by Gasteiger charge is -2.40. The molecule has 37 heavy (non-hydrogen) atoms. The Bertz CT molecular complexity index is 841. The molecule has 0 heterocycles. The van der Waals surface area contributed by atoms with Crippen LogP contribution in [0.2, 0.25) is 0 Å². The van der Waals surface area contributed by atoms with Crippen molar-refractivity contribution in [3.05, 3.63) is 34.4 Å². The van der Waals surface area contributed by atoms with Crippen molar-refractivity contribution >= 4 is 15.6 Å². The van der Waals surface area contributed by atoms with Crippen molar-refractivity contribution in [2.45, 2.75) is 84.7 Å². The van der Waals surface area contributed by atoms with E-state index in [0.717, 1.165) is 23.1 Å². The van der Waals surface area contributed by atoms with Gasteiger partial charge in [-0.2, -0.15) is 0 Å². The summed E-state index contributed by atoms with van der Waals surface area (Å²) in [5, 5.41) is 41.0. The van der Waals surface area contributed by atoms with Crippen LogP contribution in [0, 0.1) is 5.41 Å². The van der Waals surface area contributed by atoms with Gasteiger partial charge in [-0.1, -0.05) is 67.5 Å². The monoisotopic (exact) mass is 576 g/mol. The summed E-state index contributed by atoms with van der Waals surface area (Å²) in [7, 11) is -9.28. The van der Waals surface area contributed by atoms with Crippen LogP contribution >= 0.6 is 15.6 Å². The predicted molar refractivity (Wildman–Crippen MR) is 140 cm³/mol. The summed E-state index contributed by atoms with van der Waals surface area (Å²) in [6.07, 6.45) is -0.157. The molecule has 0 aromatic heterocycles. The minimum atomic E-state index is -4.64. The van der Waals surface area contributed by atoms with Crippen LogP contribution in [-0.4, -0.2) is 69.6 Å². The topological polar surface area (TPSA) is 236 Å². The number of phosphoric acid groups is 2. The van der Waals surface area contributed by atoms with Crippen molar-refractivity contribution in [2.75, 3.05) is 19.8 Å². The van der Waals surface area contributed by atoms with Gasteiger partial charge in [0.1, 0.15) is 0 Å². The van der Waals surface area contributed by atoms with Crippen LogP contribution < -0.4 is 0 Å². The molecular weight excluding hydrogens is 530 g/mol. The fourth-order valence-electron chi connectivity index (χ4n) is 3.45. The molecule has 1 rings (SSSR count). The average molecular weight is 577 g/mol. The van der Waals surface area contributed by atoms with Crippen molar-refractivity contribution in [1.29, 1.82) is 0 Å². The summed E-state index contributed by atoms with van der Waals surface area (Å²) in [6.45, 7) is 15.5. The number of rotatable bonds is 7. The Kier molecular flexibility index (Phi) is 15.2. The van der Waals surface area contributed by atoms with Gasteiger partial charge in [0.05, 0.1) is 31.3 Å². The third kappa shape index (κ3) is 14.3. The second kappa shape index (κ2) is 14.6. The Hall–Kier alpha value is -0.720. The Labute approximate surface area is 219 Å². The zero-order valence-electron chi connectivity index (χ0n) is 22.8. The highest BCUT2D eigenvalue weighted by Gasteiger charge is 2.42. The zero-order chi connectivity index (χ0) is 30.2. The average Bonchev–Trinajstić information content (AvgIpc) is 2.70. The maximum Gasteiger partial charge on any atom is 0.466 e. The van der Waals surface area contributed by atoms with Gasteiger partial charge in [0.2, 0.25) is 0 Å². The summed E-state index contributed by atoms with van der Waals surface area (Å²) in [4.78, 5) is 43.1. The van der Waals surface area contributed by atoms with Gasteiger partial charge < -0.3 is 49.8 Å². The molecule has 0 aliphatic heterocycles. The molecule has 0 bridgehead atoms. The summed E-state index contributed by atoms with van der Waals surface area (Å²) in [5.74, 6) is 0.386. The van der Waals surface area contributed by atoms with E-state index in [4.69, 9.17) is 38.5 Å². The van der Waals surface area contributed by atoms with Gasteiger partial charge in [0, 0.05) is 0 Å². The molecule has 0 aliphatic rings. The third-order valence-corrected chi connectivity index (χ3v) is 5.80. The van der Waals surface area contributed by atoms with Gasteiger partial charge in [-0.3, -0.25) is 0 Å². The molecule has 0 aliphatic carbocycles. The second-order valence-electron chi connectivity index (χ2n) is 11.1. The van der Waals surface area contributed by atoms with Gasteiger partial charge in [-0.15, -0.1) is 0 Å². The molecule has 1 aromatic carbocycles. The first kappa shape index (κ1) is 38.4. The third-order valence-electron chi connectivity index (χ3n) is 5.80. The van der Waals surface area contributed by atoms with Crippen LogP contribution in [0.15, 0.2) is 12.1 Å². The number of aliphatic hydroxyl groups is 4. The fraction of sp³-hybridized carbons (Fsp3) is 0.739. The van der Waals surface area contributed by atoms with E-state index in [-0.39, 0.29) is 10.8 Å². The molecule has 0 saturated heterocycles. The first-order valence-corrected chi connectivity index (χ1v) is 14.7. The highest BCUT2D eigenvalue weighted by molar-refractivity contribution is 7.45. The smallest absolute Gasteiger partial charge is 0.395 e. The quantitative estimate of drug-likeness (QED) is 0.210. The van der Waals surface area contributed by atoms with Crippen molar-refractivity contribution in [1.82, 2.24) is 0 Å². The number of aliphatic hydroxyl groups excluding tert-OH is 4. The maximum absolute atomic E-state index is 11.3. The van der Waals surface area contributed by atoms with Gasteiger partial charge in [0.25, 0.3) is 0 Å². The van der Waals surface area contributed by atoms with E-state index in [1.165, 1.54) is 5.56 Å². The Balaban J connectivity index is 0. The summed E-state index contributed by atoms with van der Waals surface area (Å²) >= 11 is 0. The molecule has 10 N–H and O–H groups in total. The van der Waals surface area contributed by atoms with Gasteiger partial charge in [-0.05, 0) is 45.4 Å². The van der Waals surface area contributed by atoms with Gasteiger partial charge in [0.15, 0.2) is 0 Å². The molecular formula is C23H46O12P2. The standard InChI is InChI=1S/C23H40O4.2H3O4P/c1-9-15(2)16-10-17(21(3,4)5)19(18(11-16)22(6,7)8)20(27)23(12-24,13-25)14-26;2*1-5(2,3)4/h10-11,15,20,24-27H,9,12-14H2,1-8H3;2*(H3,1,2,3,4). The molecule has 12 nitrogen and oxygen atoms in total. The van der Waals surface area contributed by atoms with Crippen LogP contribution in [0.3, 0.4) is 0 Å². The minimum absolute atomic E-state index is 0.244. The molecule has 220 valence electrons. The summed E-state index contributed by atoms with van der Waals surface area (Å²) in [5.41, 5.74) is 2.07. The maximum atomic E-state index is 11.3. The highest BCUT2D eigenvalue weighted by atomic mass is 31.2. The van der Waals surface area contributed by atoms with E-state index in [1.807, 2.05) is 0 Å². The van der Waals surface area contributed by atoms with E-state index >= 15 is 0 Å². The largest absolute Gasteiger partial charge is 0.466 e. The molecule has 0 radical (unpaired) electrons. The second-order valence-corrected chi connectivity index (χ2v) is 13.2. The van der Waals surface area contributed by atoms with E-state index in [9.17, 15) is 20.4 Å². The Morgan fingerprint density at radius 1 is 0.730 bits per heavy atom. The Morgan fingerprint density at radius 2 is 1.00 bits per heavy atom. The first-order chi connectivity index (χ1) is 16.3. The molecule has 2 atom stereocenters. The van der Waals surface area contributed by atoms with Gasteiger partial charge >= 0.3 is 15.6 Å². The van der Waals surface area contributed by atoms with Crippen molar-refractivity contribution in [3.8, 4) is 0 Å². The molecule has 0 saturated carbocycles. The van der Waals surface area contributed by atoms with Crippen molar-refractivity contribution < 1.29 is 58.9 Å². The first-order valence-electron chi connectivity index (χ1n) is 11.5. The van der Waals surface area contributed by atoms with Crippen LogP contribution in [-0.2, 0) is 20.0 Å². The number of hydrogen-bond acceptors (Lipinski definition) is 6.